The van der Waals surface area contributed by atoms with E-state index in [2.05, 4.69) is 0 Å². The van der Waals surface area contributed by atoms with Crippen molar-refractivity contribution < 1.29 is 22.7 Å². The standard InChI is InChI=1S/C22H24F3NO2/c23-22(24,25)15-14-21(27)26(18-10-5-2-6-11-18)19-12-7-13-20(19)28-16-17-8-3-1-4-9-17/h1-6,8-11,19-20H,7,12-16H2. The first-order chi connectivity index (χ1) is 13.4. The maximum atomic E-state index is 12.8. The molecule has 0 heterocycles. The zero-order chi connectivity index (χ0) is 20.0. The molecule has 0 aromatic heterocycles. The summed E-state index contributed by atoms with van der Waals surface area (Å²) in [5, 5.41) is 0. The number of ether oxygens (including phenoxy) is 1. The number of hydrogen-bond acceptors (Lipinski definition) is 2. The van der Waals surface area contributed by atoms with Gasteiger partial charge in [0.25, 0.3) is 0 Å². The summed E-state index contributed by atoms with van der Waals surface area (Å²) in [7, 11) is 0. The van der Waals surface area contributed by atoms with E-state index in [-0.39, 0.29) is 12.1 Å². The first kappa shape index (κ1) is 20.4. The maximum absolute atomic E-state index is 12.8. The van der Waals surface area contributed by atoms with Gasteiger partial charge in [-0.3, -0.25) is 4.79 Å². The number of rotatable bonds is 7. The number of carbonyl (C=O) groups excluding carboxylic acids is 1. The molecule has 0 spiro atoms. The normalized spacial score (nSPS) is 19.5. The minimum absolute atomic E-state index is 0.199. The summed E-state index contributed by atoms with van der Waals surface area (Å²) in [5.74, 6) is -0.510. The second-order valence-electron chi connectivity index (χ2n) is 7.05. The average molecular weight is 391 g/mol. The second kappa shape index (κ2) is 9.24. The van der Waals surface area contributed by atoms with Crippen LogP contribution in [0.15, 0.2) is 60.7 Å². The Morgan fingerprint density at radius 2 is 1.64 bits per heavy atom. The minimum Gasteiger partial charge on any atom is -0.371 e. The molecule has 0 saturated heterocycles. The fourth-order valence-corrected chi connectivity index (χ4v) is 3.65. The lowest BCUT2D eigenvalue weighted by molar-refractivity contribution is -0.143. The maximum Gasteiger partial charge on any atom is 0.389 e. The van der Waals surface area contributed by atoms with Crippen LogP contribution in [0.5, 0.6) is 0 Å². The van der Waals surface area contributed by atoms with Crippen LogP contribution in [0.25, 0.3) is 0 Å². The Morgan fingerprint density at radius 1 is 1.00 bits per heavy atom. The first-order valence-corrected chi connectivity index (χ1v) is 9.53. The topological polar surface area (TPSA) is 29.5 Å². The number of hydrogen-bond donors (Lipinski definition) is 0. The molecule has 0 aliphatic heterocycles. The molecule has 2 unspecified atom stereocenters. The number of amides is 1. The summed E-state index contributed by atoms with van der Waals surface area (Å²) < 4.78 is 44.0. The van der Waals surface area contributed by atoms with Gasteiger partial charge in [0, 0.05) is 12.1 Å². The first-order valence-electron chi connectivity index (χ1n) is 9.53. The second-order valence-corrected chi connectivity index (χ2v) is 7.05. The lowest BCUT2D eigenvalue weighted by Gasteiger charge is -2.33. The Hall–Kier alpha value is -2.34. The van der Waals surface area contributed by atoms with E-state index in [1.165, 1.54) is 4.90 Å². The molecule has 0 bridgehead atoms. The zero-order valence-electron chi connectivity index (χ0n) is 15.6. The molecule has 2 aromatic carbocycles. The number of para-hydroxylation sites is 1. The third-order valence-electron chi connectivity index (χ3n) is 4.98. The van der Waals surface area contributed by atoms with Crippen molar-refractivity contribution in [3.63, 3.8) is 0 Å². The molecule has 28 heavy (non-hydrogen) atoms. The molecule has 3 nitrogen and oxygen atoms in total. The van der Waals surface area contributed by atoms with Crippen LogP contribution < -0.4 is 4.90 Å². The largest absolute Gasteiger partial charge is 0.389 e. The highest BCUT2D eigenvalue weighted by Gasteiger charge is 2.37. The van der Waals surface area contributed by atoms with Gasteiger partial charge in [-0.1, -0.05) is 48.5 Å². The van der Waals surface area contributed by atoms with Crippen molar-refractivity contribution in [3.8, 4) is 0 Å². The van der Waals surface area contributed by atoms with E-state index in [9.17, 15) is 18.0 Å². The van der Waals surface area contributed by atoms with Gasteiger partial charge in [-0.15, -0.1) is 0 Å². The molecule has 0 N–H and O–H groups in total. The van der Waals surface area contributed by atoms with Gasteiger partial charge in [0.2, 0.25) is 5.91 Å². The van der Waals surface area contributed by atoms with Crippen molar-refractivity contribution >= 4 is 11.6 Å². The molecule has 1 aliphatic carbocycles. The molecule has 0 radical (unpaired) electrons. The van der Waals surface area contributed by atoms with Crippen LogP contribution in [0.4, 0.5) is 18.9 Å². The van der Waals surface area contributed by atoms with Gasteiger partial charge in [-0.2, -0.15) is 13.2 Å². The third-order valence-corrected chi connectivity index (χ3v) is 4.98. The summed E-state index contributed by atoms with van der Waals surface area (Å²) in [6.07, 6.45) is -3.84. The molecule has 2 atom stereocenters. The zero-order valence-corrected chi connectivity index (χ0v) is 15.6. The Kier molecular flexibility index (Phi) is 6.73. The molecule has 1 aliphatic rings. The van der Waals surface area contributed by atoms with Crippen LogP contribution in [0.1, 0.15) is 37.7 Å². The van der Waals surface area contributed by atoms with Gasteiger partial charge < -0.3 is 9.64 Å². The lowest BCUT2D eigenvalue weighted by atomic mass is 10.1. The van der Waals surface area contributed by atoms with Crippen LogP contribution in [0.2, 0.25) is 0 Å². The van der Waals surface area contributed by atoms with Crippen molar-refractivity contribution in [2.24, 2.45) is 0 Å². The van der Waals surface area contributed by atoms with Gasteiger partial charge in [0.1, 0.15) is 0 Å². The highest BCUT2D eigenvalue weighted by Crippen LogP contribution is 2.33. The van der Waals surface area contributed by atoms with Crippen LogP contribution >= 0.6 is 0 Å². The van der Waals surface area contributed by atoms with E-state index in [1.54, 1.807) is 24.3 Å². The summed E-state index contributed by atoms with van der Waals surface area (Å²) in [6, 6.07) is 18.4. The molecule has 2 aromatic rings. The highest BCUT2D eigenvalue weighted by molar-refractivity contribution is 5.94. The van der Waals surface area contributed by atoms with Crippen LogP contribution in [-0.2, 0) is 16.1 Å². The van der Waals surface area contributed by atoms with Gasteiger partial charge in [0.15, 0.2) is 0 Å². The summed E-state index contributed by atoms with van der Waals surface area (Å²) in [4.78, 5) is 14.3. The van der Waals surface area contributed by atoms with E-state index in [1.807, 2.05) is 36.4 Å². The van der Waals surface area contributed by atoms with E-state index in [0.29, 0.717) is 18.7 Å². The Bertz CT molecular complexity index is 749. The van der Waals surface area contributed by atoms with E-state index in [4.69, 9.17) is 4.74 Å². The van der Waals surface area contributed by atoms with Crippen LogP contribution in [0, 0.1) is 0 Å². The average Bonchev–Trinajstić information content (AvgIpc) is 3.14. The smallest absolute Gasteiger partial charge is 0.371 e. The third kappa shape index (κ3) is 5.58. The molecule has 150 valence electrons. The Morgan fingerprint density at radius 3 is 2.29 bits per heavy atom. The van der Waals surface area contributed by atoms with E-state index >= 15 is 0 Å². The fourth-order valence-electron chi connectivity index (χ4n) is 3.65. The van der Waals surface area contributed by atoms with Crippen molar-refractivity contribution in [3.05, 3.63) is 66.2 Å². The number of anilines is 1. The number of halogens is 3. The SMILES string of the molecule is O=C(CCC(F)(F)F)N(c1ccccc1)C1CCCC1OCc1ccccc1. The predicted molar refractivity (Wildman–Crippen MR) is 102 cm³/mol. The predicted octanol–water partition coefficient (Wildman–Crippen LogP) is 5.50. The van der Waals surface area contributed by atoms with E-state index < -0.39 is 24.9 Å². The van der Waals surface area contributed by atoms with Crippen molar-refractivity contribution in [1.29, 1.82) is 0 Å². The van der Waals surface area contributed by atoms with Gasteiger partial charge >= 0.3 is 6.18 Å². The van der Waals surface area contributed by atoms with E-state index in [0.717, 1.165) is 18.4 Å². The molecular weight excluding hydrogens is 367 g/mol. The highest BCUT2D eigenvalue weighted by atomic mass is 19.4. The Balaban J connectivity index is 1.75. The monoisotopic (exact) mass is 391 g/mol. The number of benzene rings is 2. The molecule has 1 fully saturated rings. The summed E-state index contributed by atoms with van der Waals surface area (Å²) in [6.45, 7) is 0.418. The van der Waals surface area contributed by atoms with Crippen LogP contribution in [0.3, 0.4) is 0 Å². The minimum atomic E-state index is -4.35. The van der Waals surface area contributed by atoms with Gasteiger partial charge in [-0.05, 0) is 37.0 Å². The molecule has 1 amide bonds. The Labute approximate surface area is 163 Å². The summed E-state index contributed by atoms with van der Waals surface area (Å²) in [5.41, 5.74) is 1.65. The quantitative estimate of drug-likeness (QED) is 0.624. The van der Waals surface area contributed by atoms with Gasteiger partial charge in [-0.25, -0.2) is 0 Å². The van der Waals surface area contributed by atoms with Crippen molar-refractivity contribution in [2.45, 2.75) is 57.0 Å². The van der Waals surface area contributed by atoms with Crippen molar-refractivity contribution in [1.82, 2.24) is 0 Å². The fraction of sp³-hybridized carbons (Fsp3) is 0.409. The number of alkyl halides is 3. The van der Waals surface area contributed by atoms with Gasteiger partial charge in [0.05, 0.1) is 25.2 Å². The van der Waals surface area contributed by atoms with Crippen molar-refractivity contribution in [2.75, 3.05) is 4.90 Å². The number of carbonyl (C=O) groups is 1. The molecular formula is C22H24F3NO2. The number of nitrogens with zero attached hydrogens (tertiary/aromatic N) is 1. The molecule has 6 heteroatoms. The molecule has 3 rings (SSSR count). The lowest BCUT2D eigenvalue weighted by Crippen LogP contribution is -2.45. The summed E-state index contributed by atoms with van der Waals surface area (Å²) >= 11 is 0. The van der Waals surface area contributed by atoms with Crippen LogP contribution in [-0.4, -0.2) is 24.2 Å². The molecule has 1 saturated carbocycles.